The first kappa shape index (κ1) is 15.1. The number of aromatic nitrogens is 1. The Balaban J connectivity index is 2.29. The third-order valence-corrected chi connectivity index (χ3v) is 5.20. The van der Waals surface area contributed by atoms with Crippen LogP contribution in [-0.4, -0.2) is 31.0 Å². The summed E-state index contributed by atoms with van der Waals surface area (Å²) >= 11 is 0. The van der Waals surface area contributed by atoms with Gasteiger partial charge in [-0.25, -0.2) is 8.42 Å². The SMILES string of the molecule is CCNCc1cccc2ccn(CCS(=O)(=O)CC)c12. The van der Waals surface area contributed by atoms with E-state index in [1.54, 1.807) is 6.92 Å². The molecule has 0 bridgehead atoms. The van der Waals surface area contributed by atoms with Crippen LogP contribution in [0.1, 0.15) is 19.4 Å². The fourth-order valence-electron chi connectivity index (χ4n) is 2.31. The molecule has 20 heavy (non-hydrogen) atoms. The third-order valence-electron chi connectivity index (χ3n) is 3.52. The molecular formula is C15H22N2O2S. The van der Waals surface area contributed by atoms with Crippen LogP contribution in [-0.2, 0) is 22.9 Å². The molecule has 0 fully saturated rings. The average Bonchev–Trinajstić information content (AvgIpc) is 2.87. The summed E-state index contributed by atoms with van der Waals surface area (Å²) in [5, 5.41) is 4.49. The highest BCUT2D eigenvalue weighted by atomic mass is 32.2. The standard InChI is InChI=1S/C15H22N2O2S/c1-3-16-12-14-7-5-6-13-8-9-17(15(13)14)10-11-20(18,19)4-2/h5-9,16H,3-4,10-12H2,1-2H3. The molecule has 0 aliphatic carbocycles. The zero-order valence-electron chi connectivity index (χ0n) is 12.1. The highest BCUT2D eigenvalue weighted by molar-refractivity contribution is 7.91. The van der Waals surface area contributed by atoms with Gasteiger partial charge in [0, 0.05) is 25.0 Å². The number of rotatable bonds is 7. The number of para-hydroxylation sites is 1. The van der Waals surface area contributed by atoms with Crippen molar-refractivity contribution in [1.29, 1.82) is 0 Å². The van der Waals surface area contributed by atoms with Crippen LogP contribution in [0.3, 0.4) is 0 Å². The Kier molecular flexibility index (Phi) is 4.83. The zero-order chi connectivity index (χ0) is 14.6. The second-order valence-corrected chi connectivity index (χ2v) is 7.35. The van der Waals surface area contributed by atoms with E-state index in [4.69, 9.17) is 0 Å². The predicted octanol–water partition coefficient (Wildman–Crippen LogP) is 2.19. The number of sulfone groups is 1. The predicted molar refractivity (Wildman–Crippen MR) is 83.6 cm³/mol. The highest BCUT2D eigenvalue weighted by Gasteiger charge is 2.10. The molecule has 110 valence electrons. The van der Waals surface area contributed by atoms with Crippen LogP contribution in [0.15, 0.2) is 30.5 Å². The van der Waals surface area contributed by atoms with E-state index >= 15 is 0 Å². The second kappa shape index (κ2) is 6.41. The molecule has 0 saturated carbocycles. The fraction of sp³-hybridized carbons (Fsp3) is 0.467. The molecule has 0 aliphatic heterocycles. The van der Waals surface area contributed by atoms with Gasteiger partial charge in [-0.3, -0.25) is 0 Å². The van der Waals surface area contributed by atoms with Crippen molar-refractivity contribution in [3.8, 4) is 0 Å². The van der Waals surface area contributed by atoms with Gasteiger partial charge in [-0.2, -0.15) is 0 Å². The molecule has 1 heterocycles. The van der Waals surface area contributed by atoms with Crippen LogP contribution in [0.4, 0.5) is 0 Å². The van der Waals surface area contributed by atoms with Gasteiger partial charge >= 0.3 is 0 Å². The smallest absolute Gasteiger partial charge is 0.151 e. The summed E-state index contributed by atoms with van der Waals surface area (Å²) in [5.41, 5.74) is 2.35. The van der Waals surface area contributed by atoms with Gasteiger partial charge in [-0.15, -0.1) is 0 Å². The maximum Gasteiger partial charge on any atom is 0.151 e. The topological polar surface area (TPSA) is 51.1 Å². The molecule has 4 nitrogen and oxygen atoms in total. The van der Waals surface area contributed by atoms with Crippen molar-refractivity contribution in [2.24, 2.45) is 0 Å². The fourth-order valence-corrected chi connectivity index (χ4v) is 3.07. The molecule has 0 amide bonds. The van der Waals surface area contributed by atoms with Crippen LogP contribution in [0.2, 0.25) is 0 Å². The second-order valence-electron chi connectivity index (χ2n) is 4.88. The number of fused-ring (bicyclic) bond motifs is 1. The third kappa shape index (κ3) is 3.41. The van der Waals surface area contributed by atoms with Crippen LogP contribution in [0.5, 0.6) is 0 Å². The first-order chi connectivity index (χ1) is 9.57. The maximum atomic E-state index is 11.7. The Bertz CT molecular complexity index is 674. The lowest BCUT2D eigenvalue weighted by atomic mass is 10.1. The molecule has 0 saturated heterocycles. The Morgan fingerprint density at radius 3 is 2.70 bits per heavy atom. The molecule has 1 aromatic heterocycles. The van der Waals surface area contributed by atoms with E-state index < -0.39 is 9.84 Å². The van der Waals surface area contributed by atoms with E-state index in [0.717, 1.165) is 24.0 Å². The number of nitrogens with zero attached hydrogens (tertiary/aromatic N) is 1. The maximum absolute atomic E-state index is 11.7. The van der Waals surface area contributed by atoms with Crippen LogP contribution >= 0.6 is 0 Å². The largest absolute Gasteiger partial charge is 0.346 e. The average molecular weight is 294 g/mol. The number of nitrogens with one attached hydrogen (secondary N) is 1. The molecule has 0 unspecified atom stereocenters. The quantitative estimate of drug-likeness (QED) is 0.851. The van der Waals surface area contributed by atoms with Crippen molar-refractivity contribution in [2.45, 2.75) is 26.9 Å². The van der Waals surface area contributed by atoms with E-state index in [1.165, 1.54) is 5.56 Å². The summed E-state index contributed by atoms with van der Waals surface area (Å²) in [6, 6.07) is 8.25. The lowest BCUT2D eigenvalue weighted by molar-refractivity contribution is 0.591. The van der Waals surface area contributed by atoms with Crippen LogP contribution in [0, 0.1) is 0 Å². The van der Waals surface area contributed by atoms with Crippen molar-refractivity contribution >= 4 is 20.7 Å². The molecule has 5 heteroatoms. The minimum atomic E-state index is -2.93. The minimum absolute atomic E-state index is 0.197. The van der Waals surface area contributed by atoms with Crippen molar-refractivity contribution in [2.75, 3.05) is 18.1 Å². The van der Waals surface area contributed by atoms with Crippen molar-refractivity contribution in [3.05, 3.63) is 36.0 Å². The summed E-state index contributed by atoms with van der Waals surface area (Å²) in [4.78, 5) is 0. The summed E-state index contributed by atoms with van der Waals surface area (Å²) < 4.78 is 25.4. The number of hydrogen-bond donors (Lipinski definition) is 1. The molecule has 0 radical (unpaired) electrons. The summed E-state index contributed by atoms with van der Waals surface area (Å²) in [6.45, 7) is 6.01. The van der Waals surface area contributed by atoms with Crippen molar-refractivity contribution < 1.29 is 8.42 Å². The van der Waals surface area contributed by atoms with E-state index in [1.807, 2.05) is 18.3 Å². The van der Waals surface area contributed by atoms with Gasteiger partial charge in [0.15, 0.2) is 9.84 Å². The zero-order valence-corrected chi connectivity index (χ0v) is 12.9. The van der Waals surface area contributed by atoms with Gasteiger partial charge in [0.05, 0.1) is 11.3 Å². The molecule has 2 aromatic rings. The Hall–Kier alpha value is -1.33. The molecule has 0 atom stereocenters. The minimum Gasteiger partial charge on any atom is -0.346 e. The summed E-state index contributed by atoms with van der Waals surface area (Å²) in [7, 11) is -2.93. The Morgan fingerprint density at radius 1 is 1.20 bits per heavy atom. The number of hydrogen-bond acceptors (Lipinski definition) is 3. The molecule has 2 rings (SSSR count). The number of benzene rings is 1. The summed E-state index contributed by atoms with van der Waals surface area (Å²) in [6.07, 6.45) is 1.98. The van der Waals surface area contributed by atoms with Crippen LogP contribution < -0.4 is 5.32 Å². The molecule has 1 N–H and O–H groups in total. The molecule has 0 aliphatic rings. The Labute approximate surface area is 120 Å². The highest BCUT2D eigenvalue weighted by Crippen LogP contribution is 2.20. The molecule has 0 spiro atoms. The van der Waals surface area contributed by atoms with E-state index in [9.17, 15) is 8.42 Å². The van der Waals surface area contributed by atoms with Crippen molar-refractivity contribution in [3.63, 3.8) is 0 Å². The Morgan fingerprint density at radius 2 is 2.00 bits per heavy atom. The van der Waals surface area contributed by atoms with Crippen molar-refractivity contribution in [1.82, 2.24) is 9.88 Å². The van der Waals surface area contributed by atoms with Gasteiger partial charge in [0.1, 0.15) is 0 Å². The lowest BCUT2D eigenvalue weighted by Crippen LogP contribution is -2.16. The van der Waals surface area contributed by atoms with Crippen LogP contribution in [0.25, 0.3) is 10.9 Å². The van der Waals surface area contributed by atoms with Gasteiger partial charge in [-0.1, -0.05) is 32.0 Å². The van der Waals surface area contributed by atoms with Gasteiger partial charge in [0.2, 0.25) is 0 Å². The molecular weight excluding hydrogens is 272 g/mol. The molecule has 1 aromatic carbocycles. The van der Waals surface area contributed by atoms with E-state index in [2.05, 4.69) is 28.9 Å². The lowest BCUT2D eigenvalue weighted by Gasteiger charge is -2.10. The van der Waals surface area contributed by atoms with Gasteiger partial charge in [0.25, 0.3) is 0 Å². The summed E-state index contributed by atoms with van der Waals surface area (Å²) in [5.74, 6) is 0.402. The monoisotopic (exact) mass is 294 g/mol. The van der Waals surface area contributed by atoms with Gasteiger partial charge < -0.3 is 9.88 Å². The first-order valence-electron chi connectivity index (χ1n) is 7.05. The van der Waals surface area contributed by atoms with E-state index in [0.29, 0.717) is 6.54 Å². The first-order valence-corrected chi connectivity index (χ1v) is 8.87. The van der Waals surface area contributed by atoms with E-state index in [-0.39, 0.29) is 11.5 Å². The number of aryl methyl sites for hydroxylation is 1. The normalized spacial score (nSPS) is 12.1. The van der Waals surface area contributed by atoms with Gasteiger partial charge in [-0.05, 0) is 23.6 Å².